The van der Waals surface area contributed by atoms with Crippen molar-refractivity contribution < 1.29 is 4.79 Å². The van der Waals surface area contributed by atoms with Crippen LogP contribution in [0.25, 0.3) is 0 Å². The number of hydrogen-bond donors (Lipinski definition) is 1. The van der Waals surface area contributed by atoms with Gasteiger partial charge in [-0.3, -0.25) is 4.79 Å². The van der Waals surface area contributed by atoms with Gasteiger partial charge in [0, 0.05) is 17.8 Å². The van der Waals surface area contributed by atoms with E-state index in [2.05, 4.69) is 59.4 Å². The summed E-state index contributed by atoms with van der Waals surface area (Å²) in [6.45, 7) is 4.14. The van der Waals surface area contributed by atoms with Crippen molar-refractivity contribution in [3.05, 3.63) is 35.4 Å². The molecule has 0 radical (unpaired) electrons. The number of aryl methyl sites for hydroxylation is 2. The molecule has 1 unspecified atom stereocenters. The molecular weight excluding hydrogens is 278 g/mol. The molecular formula is C14H20BrNO. The normalized spacial score (nSPS) is 12.2. The van der Waals surface area contributed by atoms with Crippen LogP contribution < -0.4 is 5.32 Å². The first-order valence-corrected chi connectivity index (χ1v) is 7.18. The number of hydrogen-bond acceptors (Lipinski definition) is 1. The van der Waals surface area contributed by atoms with Crippen molar-refractivity contribution in [3.63, 3.8) is 0 Å². The van der Waals surface area contributed by atoms with E-state index in [4.69, 9.17) is 0 Å². The Morgan fingerprint density at radius 3 is 2.53 bits per heavy atom. The van der Waals surface area contributed by atoms with Crippen LogP contribution in [0.3, 0.4) is 0 Å². The fraction of sp³-hybridized carbons (Fsp3) is 0.500. The summed E-state index contributed by atoms with van der Waals surface area (Å²) in [6, 6.07) is 8.59. The molecule has 1 N–H and O–H groups in total. The first kappa shape index (κ1) is 14.2. The van der Waals surface area contributed by atoms with E-state index in [1.807, 2.05) is 0 Å². The van der Waals surface area contributed by atoms with Crippen LogP contribution in [0.4, 0.5) is 0 Å². The van der Waals surface area contributed by atoms with Crippen molar-refractivity contribution in [1.82, 2.24) is 5.32 Å². The molecule has 2 nitrogen and oxygen atoms in total. The third-order valence-electron chi connectivity index (χ3n) is 2.81. The highest BCUT2D eigenvalue weighted by molar-refractivity contribution is 9.09. The summed E-state index contributed by atoms with van der Waals surface area (Å²) in [7, 11) is 0. The Hall–Kier alpha value is -0.830. The van der Waals surface area contributed by atoms with E-state index in [9.17, 15) is 4.79 Å². The second kappa shape index (κ2) is 7.49. The zero-order valence-electron chi connectivity index (χ0n) is 10.5. The maximum absolute atomic E-state index is 11.7. The molecule has 1 atom stereocenters. The van der Waals surface area contributed by atoms with Crippen LogP contribution in [0.2, 0.25) is 0 Å². The van der Waals surface area contributed by atoms with Crippen LogP contribution in [0.1, 0.15) is 30.9 Å². The summed E-state index contributed by atoms with van der Waals surface area (Å²) in [5.74, 6) is 0.136. The number of rotatable bonds is 6. The van der Waals surface area contributed by atoms with Crippen LogP contribution in [0.5, 0.6) is 0 Å². The summed E-state index contributed by atoms with van der Waals surface area (Å²) < 4.78 is 0. The van der Waals surface area contributed by atoms with E-state index in [1.165, 1.54) is 11.1 Å². The lowest BCUT2D eigenvalue weighted by atomic mass is 10.1. The number of nitrogens with one attached hydrogen (secondary N) is 1. The molecule has 0 aliphatic rings. The number of carbonyl (C=O) groups is 1. The van der Waals surface area contributed by atoms with Gasteiger partial charge in [-0.2, -0.15) is 0 Å². The van der Waals surface area contributed by atoms with Gasteiger partial charge in [-0.15, -0.1) is 0 Å². The number of halogens is 1. The first-order chi connectivity index (χ1) is 8.15. The van der Waals surface area contributed by atoms with E-state index in [1.54, 1.807) is 0 Å². The molecule has 17 heavy (non-hydrogen) atoms. The highest BCUT2D eigenvalue weighted by Gasteiger charge is 2.08. The topological polar surface area (TPSA) is 29.1 Å². The minimum absolute atomic E-state index is 0.136. The highest BCUT2D eigenvalue weighted by atomic mass is 79.9. The Balaban J connectivity index is 2.35. The van der Waals surface area contributed by atoms with Crippen LogP contribution in [-0.4, -0.2) is 17.3 Å². The van der Waals surface area contributed by atoms with Crippen LogP contribution in [-0.2, 0) is 11.2 Å². The smallest absolute Gasteiger partial charge is 0.220 e. The predicted octanol–water partition coefficient (Wildman–Crippen LogP) is 3.22. The first-order valence-electron chi connectivity index (χ1n) is 6.06. The lowest BCUT2D eigenvalue weighted by Gasteiger charge is -2.13. The molecule has 1 amide bonds. The van der Waals surface area contributed by atoms with E-state index in [-0.39, 0.29) is 11.9 Å². The number of benzene rings is 1. The van der Waals surface area contributed by atoms with Gasteiger partial charge in [0.2, 0.25) is 5.91 Å². The van der Waals surface area contributed by atoms with E-state index in [0.29, 0.717) is 6.42 Å². The van der Waals surface area contributed by atoms with Crippen LogP contribution in [0.15, 0.2) is 24.3 Å². The van der Waals surface area contributed by atoms with Gasteiger partial charge in [0.15, 0.2) is 0 Å². The molecule has 1 aromatic rings. The minimum atomic E-state index is 0.136. The van der Waals surface area contributed by atoms with Crippen LogP contribution in [0, 0.1) is 6.92 Å². The maximum Gasteiger partial charge on any atom is 0.220 e. The molecule has 0 saturated carbocycles. The van der Waals surface area contributed by atoms with E-state index >= 15 is 0 Å². The second-order valence-corrected chi connectivity index (χ2v) is 4.96. The fourth-order valence-corrected chi connectivity index (χ4v) is 2.18. The summed E-state index contributed by atoms with van der Waals surface area (Å²) in [6.07, 6.45) is 2.33. The number of carbonyl (C=O) groups excluding carboxylic acids is 1. The van der Waals surface area contributed by atoms with Crippen molar-refractivity contribution in [3.8, 4) is 0 Å². The Morgan fingerprint density at radius 2 is 2.00 bits per heavy atom. The number of alkyl halides is 1. The molecule has 0 spiro atoms. The molecule has 1 rings (SSSR count). The summed E-state index contributed by atoms with van der Waals surface area (Å²) in [5.41, 5.74) is 2.47. The molecule has 94 valence electrons. The lowest BCUT2D eigenvalue weighted by Crippen LogP contribution is -2.35. The fourth-order valence-electron chi connectivity index (χ4n) is 1.56. The summed E-state index contributed by atoms with van der Waals surface area (Å²) in [4.78, 5) is 11.7. The van der Waals surface area contributed by atoms with Crippen LogP contribution >= 0.6 is 15.9 Å². The van der Waals surface area contributed by atoms with Crippen molar-refractivity contribution in [2.45, 2.75) is 39.2 Å². The Morgan fingerprint density at radius 1 is 1.35 bits per heavy atom. The van der Waals surface area contributed by atoms with Crippen molar-refractivity contribution in [1.29, 1.82) is 0 Å². The monoisotopic (exact) mass is 297 g/mol. The van der Waals surface area contributed by atoms with Gasteiger partial charge in [-0.1, -0.05) is 52.7 Å². The van der Waals surface area contributed by atoms with Crippen molar-refractivity contribution >= 4 is 21.8 Å². The molecule has 0 aromatic heterocycles. The predicted molar refractivity (Wildman–Crippen MR) is 75.5 cm³/mol. The Bertz CT molecular complexity index is 344. The summed E-state index contributed by atoms with van der Waals surface area (Å²) in [5, 5.41) is 3.83. The highest BCUT2D eigenvalue weighted by Crippen LogP contribution is 2.06. The zero-order valence-corrected chi connectivity index (χ0v) is 12.1. The zero-order chi connectivity index (χ0) is 12.7. The molecule has 0 heterocycles. The molecule has 3 heteroatoms. The minimum Gasteiger partial charge on any atom is -0.353 e. The van der Waals surface area contributed by atoms with Crippen molar-refractivity contribution in [2.24, 2.45) is 0 Å². The molecule has 0 aliphatic carbocycles. The lowest BCUT2D eigenvalue weighted by molar-refractivity contribution is -0.121. The summed E-state index contributed by atoms with van der Waals surface area (Å²) >= 11 is 3.39. The average molecular weight is 298 g/mol. The van der Waals surface area contributed by atoms with Gasteiger partial charge in [-0.05, 0) is 25.3 Å². The average Bonchev–Trinajstić information content (AvgIpc) is 2.35. The molecule has 0 aliphatic heterocycles. The van der Waals surface area contributed by atoms with Gasteiger partial charge < -0.3 is 5.32 Å². The van der Waals surface area contributed by atoms with E-state index in [0.717, 1.165) is 18.2 Å². The Kier molecular flexibility index (Phi) is 6.27. The SMILES string of the molecule is CCC(CBr)NC(=O)CCc1ccc(C)cc1. The molecule has 0 fully saturated rings. The second-order valence-electron chi connectivity index (χ2n) is 4.31. The molecule has 1 aromatic carbocycles. The van der Waals surface area contributed by atoms with Gasteiger partial charge in [0.1, 0.15) is 0 Å². The van der Waals surface area contributed by atoms with Crippen molar-refractivity contribution in [2.75, 3.05) is 5.33 Å². The van der Waals surface area contributed by atoms with Gasteiger partial charge in [-0.25, -0.2) is 0 Å². The quantitative estimate of drug-likeness (QED) is 0.803. The maximum atomic E-state index is 11.7. The molecule has 0 saturated heterocycles. The standard InChI is InChI=1S/C14H20BrNO/c1-3-13(10-15)16-14(17)9-8-12-6-4-11(2)5-7-12/h4-7,13H,3,8-10H2,1-2H3,(H,16,17). The molecule has 0 bridgehead atoms. The number of amides is 1. The van der Waals surface area contributed by atoms with Gasteiger partial charge in [0.25, 0.3) is 0 Å². The third kappa shape index (κ3) is 5.35. The van der Waals surface area contributed by atoms with Gasteiger partial charge in [0.05, 0.1) is 0 Å². The van der Waals surface area contributed by atoms with E-state index < -0.39 is 0 Å². The Labute approximate surface area is 112 Å². The van der Waals surface area contributed by atoms with Gasteiger partial charge >= 0.3 is 0 Å². The largest absolute Gasteiger partial charge is 0.353 e. The third-order valence-corrected chi connectivity index (χ3v) is 3.59.